The summed E-state index contributed by atoms with van der Waals surface area (Å²) in [4.78, 5) is 49.1. The summed E-state index contributed by atoms with van der Waals surface area (Å²) in [6.07, 6.45) is -3.70. The first-order valence-corrected chi connectivity index (χ1v) is 13.9. The molecule has 216 valence electrons. The van der Waals surface area contributed by atoms with E-state index in [2.05, 4.69) is 25.5 Å². The van der Waals surface area contributed by atoms with Gasteiger partial charge in [0.1, 0.15) is 5.60 Å². The Kier molecular flexibility index (Phi) is 7.94. The predicted molar refractivity (Wildman–Crippen MR) is 124 cm³/mol. The van der Waals surface area contributed by atoms with Gasteiger partial charge in [-0.15, -0.1) is 0 Å². The van der Waals surface area contributed by atoms with Crippen molar-refractivity contribution in [3.63, 3.8) is 0 Å². The summed E-state index contributed by atoms with van der Waals surface area (Å²) in [6, 6.07) is 0. The average molecular weight is 569 g/mol. The van der Waals surface area contributed by atoms with Gasteiger partial charge in [-0.1, -0.05) is 27.7 Å². The number of ether oxygens (including phenoxy) is 4. The van der Waals surface area contributed by atoms with E-state index in [0.717, 1.165) is 12.8 Å². The number of fused-ring (bicyclic) bond motifs is 2. The molecule has 0 aromatic carbocycles. The molecule has 3 fully saturated rings. The molecule has 14 heteroatoms. The van der Waals surface area contributed by atoms with E-state index >= 15 is 0 Å². The van der Waals surface area contributed by atoms with Crippen molar-refractivity contribution in [1.29, 1.82) is 0 Å². The Morgan fingerprint density at radius 1 is 1.18 bits per heavy atom. The van der Waals surface area contributed by atoms with E-state index in [1.807, 2.05) is 6.92 Å². The molecule has 6 atom stereocenters. The zero-order chi connectivity index (χ0) is 28.9. The SMILES string of the molecule is CCC1(OC(=O)C2CC(OC(=O)CCC(=O)OC(C)C(F)(F)S(=O)(=O)O)C(=O)O2)CC2CCC1(C)C2(C)C. The molecule has 6 unspecified atom stereocenters. The topological polar surface area (TPSA) is 160 Å². The Bertz CT molecular complexity index is 1100. The van der Waals surface area contributed by atoms with Gasteiger partial charge in [-0.2, -0.15) is 17.2 Å². The number of rotatable bonds is 10. The lowest BCUT2D eigenvalue weighted by Crippen LogP contribution is -2.51. The molecule has 2 saturated carbocycles. The molecule has 2 bridgehead atoms. The fourth-order valence-electron chi connectivity index (χ4n) is 6.16. The fourth-order valence-corrected chi connectivity index (χ4v) is 6.63. The highest BCUT2D eigenvalue weighted by Gasteiger charge is 2.70. The number of esters is 4. The first-order valence-electron chi connectivity index (χ1n) is 12.5. The van der Waals surface area contributed by atoms with Crippen LogP contribution in [0.1, 0.15) is 79.6 Å². The van der Waals surface area contributed by atoms with Crippen LogP contribution in [0.3, 0.4) is 0 Å². The van der Waals surface area contributed by atoms with Gasteiger partial charge >= 0.3 is 39.2 Å². The van der Waals surface area contributed by atoms with Crippen molar-refractivity contribution in [3.05, 3.63) is 0 Å². The van der Waals surface area contributed by atoms with Crippen molar-refractivity contribution in [2.24, 2.45) is 16.7 Å². The highest BCUT2D eigenvalue weighted by atomic mass is 32.2. The Balaban J connectivity index is 1.51. The van der Waals surface area contributed by atoms with Crippen LogP contribution in [0.5, 0.6) is 0 Å². The molecular formula is C24H34F2O11S. The van der Waals surface area contributed by atoms with Gasteiger partial charge in [0.25, 0.3) is 0 Å². The molecule has 2 aliphatic carbocycles. The van der Waals surface area contributed by atoms with Crippen LogP contribution in [-0.4, -0.2) is 66.0 Å². The van der Waals surface area contributed by atoms with Gasteiger partial charge in [0, 0.05) is 11.8 Å². The number of cyclic esters (lactones) is 1. The minimum atomic E-state index is -5.83. The molecule has 38 heavy (non-hydrogen) atoms. The Hall–Kier alpha value is -2.35. The van der Waals surface area contributed by atoms with Gasteiger partial charge in [-0.25, -0.2) is 9.59 Å². The first-order chi connectivity index (χ1) is 17.3. The Labute approximate surface area is 219 Å². The molecule has 11 nitrogen and oxygen atoms in total. The largest absolute Gasteiger partial charge is 0.456 e. The van der Waals surface area contributed by atoms with Crippen LogP contribution in [0.2, 0.25) is 0 Å². The molecule has 0 radical (unpaired) electrons. The lowest BCUT2D eigenvalue weighted by atomic mass is 9.63. The number of carbonyl (C=O) groups excluding carboxylic acids is 4. The van der Waals surface area contributed by atoms with Crippen molar-refractivity contribution < 1.29 is 59.9 Å². The van der Waals surface area contributed by atoms with Gasteiger partial charge in [-0.05, 0) is 43.9 Å². The molecule has 3 aliphatic rings. The quantitative estimate of drug-likeness (QED) is 0.234. The third-order valence-corrected chi connectivity index (χ3v) is 10.0. The second-order valence-electron chi connectivity index (χ2n) is 11.1. The lowest BCUT2D eigenvalue weighted by Gasteiger charge is -2.47. The molecule has 1 saturated heterocycles. The normalized spacial score (nSPS) is 32.9. The molecule has 3 rings (SSSR count). The van der Waals surface area contributed by atoms with Crippen molar-refractivity contribution >= 4 is 34.0 Å². The van der Waals surface area contributed by atoms with E-state index in [9.17, 15) is 36.4 Å². The van der Waals surface area contributed by atoms with Crippen LogP contribution in [0.15, 0.2) is 0 Å². The molecule has 0 spiro atoms. The zero-order valence-corrected chi connectivity index (χ0v) is 22.8. The van der Waals surface area contributed by atoms with Crippen LogP contribution in [0, 0.1) is 16.7 Å². The van der Waals surface area contributed by atoms with E-state index < -0.39 is 76.0 Å². The Morgan fingerprint density at radius 2 is 1.79 bits per heavy atom. The summed E-state index contributed by atoms with van der Waals surface area (Å²) in [5.41, 5.74) is -0.989. The summed E-state index contributed by atoms with van der Waals surface area (Å²) in [6.45, 7) is 8.99. The third-order valence-electron chi connectivity index (χ3n) is 9.03. The zero-order valence-electron chi connectivity index (χ0n) is 22.0. The van der Waals surface area contributed by atoms with Crippen LogP contribution in [0.25, 0.3) is 0 Å². The molecule has 1 aliphatic heterocycles. The molecule has 1 heterocycles. The van der Waals surface area contributed by atoms with E-state index in [1.165, 1.54) is 0 Å². The van der Waals surface area contributed by atoms with Crippen LogP contribution < -0.4 is 0 Å². The number of alkyl halides is 2. The summed E-state index contributed by atoms with van der Waals surface area (Å²) in [5, 5.41) is -4.75. The van der Waals surface area contributed by atoms with Crippen LogP contribution >= 0.6 is 0 Å². The monoisotopic (exact) mass is 568 g/mol. The summed E-state index contributed by atoms with van der Waals surface area (Å²) >= 11 is 0. The minimum absolute atomic E-state index is 0.0328. The smallest absolute Gasteiger partial charge is 0.405 e. The maximum Gasteiger partial charge on any atom is 0.405 e. The summed E-state index contributed by atoms with van der Waals surface area (Å²) in [7, 11) is -5.83. The number of hydrogen-bond donors (Lipinski definition) is 1. The number of carbonyl (C=O) groups is 4. The standard InChI is InChI=1S/C24H34F2O11S/c1-6-23(12-14-9-10-22(23,5)21(14,3)4)37-20(30)16-11-15(19(29)36-16)35-18(28)8-7-17(27)34-13(2)24(25,26)38(31,32)33/h13-16H,6-12H2,1-5H3,(H,31,32,33). The van der Waals surface area contributed by atoms with Gasteiger partial charge in [0.2, 0.25) is 12.2 Å². The predicted octanol–water partition coefficient (Wildman–Crippen LogP) is 2.94. The lowest BCUT2D eigenvalue weighted by molar-refractivity contribution is -0.191. The highest BCUT2D eigenvalue weighted by Crippen LogP contribution is 2.71. The summed E-state index contributed by atoms with van der Waals surface area (Å²) < 4.78 is 77.3. The molecule has 0 aromatic rings. The number of hydrogen-bond acceptors (Lipinski definition) is 10. The first kappa shape index (κ1) is 30.2. The fraction of sp³-hybridized carbons (Fsp3) is 0.833. The third kappa shape index (κ3) is 5.01. The van der Waals surface area contributed by atoms with E-state index in [-0.39, 0.29) is 17.3 Å². The van der Waals surface area contributed by atoms with Gasteiger partial charge in [-0.3, -0.25) is 14.1 Å². The Morgan fingerprint density at radius 3 is 2.29 bits per heavy atom. The van der Waals surface area contributed by atoms with Gasteiger partial charge < -0.3 is 18.9 Å². The highest BCUT2D eigenvalue weighted by molar-refractivity contribution is 7.86. The van der Waals surface area contributed by atoms with Crippen molar-refractivity contribution in [1.82, 2.24) is 0 Å². The molecular weight excluding hydrogens is 534 g/mol. The van der Waals surface area contributed by atoms with Crippen molar-refractivity contribution in [2.45, 2.75) is 109 Å². The van der Waals surface area contributed by atoms with Gasteiger partial charge in [0.15, 0.2) is 6.10 Å². The van der Waals surface area contributed by atoms with E-state index in [0.29, 0.717) is 25.7 Å². The molecule has 1 N–H and O–H groups in total. The second kappa shape index (κ2) is 10.00. The maximum atomic E-state index is 13.5. The molecule has 0 amide bonds. The minimum Gasteiger partial charge on any atom is -0.456 e. The van der Waals surface area contributed by atoms with Crippen LogP contribution in [0.4, 0.5) is 8.78 Å². The van der Waals surface area contributed by atoms with E-state index in [4.69, 9.17) is 18.8 Å². The second-order valence-corrected chi connectivity index (χ2v) is 12.6. The molecule has 0 aromatic heterocycles. The van der Waals surface area contributed by atoms with Crippen LogP contribution in [-0.2, 0) is 48.2 Å². The maximum absolute atomic E-state index is 13.5. The number of halogens is 2. The summed E-state index contributed by atoms with van der Waals surface area (Å²) in [5.74, 6) is -3.72. The van der Waals surface area contributed by atoms with E-state index in [1.54, 1.807) is 0 Å². The van der Waals surface area contributed by atoms with Gasteiger partial charge in [0.05, 0.1) is 12.8 Å². The van der Waals surface area contributed by atoms with Crippen molar-refractivity contribution in [2.75, 3.05) is 0 Å². The average Bonchev–Trinajstić information content (AvgIpc) is 3.33. The van der Waals surface area contributed by atoms with Crippen molar-refractivity contribution in [3.8, 4) is 0 Å².